The van der Waals surface area contributed by atoms with Gasteiger partial charge in [-0.05, 0) is 38.5 Å². The molecule has 0 fully saturated rings. The quantitative estimate of drug-likeness (QED) is 0.871. The summed E-state index contributed by atoms with van der Waals surface area (Å²) in [4.78, 5) is 26.2. The summed E-state index contributed by atoms with van der Waals surface area (Å²) in [6.07, 6.45) is -4.51. The number of carbonyl (C=O) groups excluding carboxylic acids is 2. The average molecular weight is 355 g/mol. The van der Waals surface area contributed by atoms with Crippen molar-refractivity contribution in [3.63, 3.8) is 0 Å². The zero-order valence-electron chi connectivity index (χ0n) is 14.2. The van der Waals surface area contributed by atoms with Gasteiger partial charge in [0.2, 0.25) is 0 Å². The highest BCUT2D eigenvalue weighted by Crippen LogP contribution is 2.34. The summed E-state index contributed by atoms with van der Waals surface area (Å²) in [5, 5.41) is 5.07. The molecule has 2 N–H and O–H groups in total. The third-order valence-electron chi connectivity index (χ3n) is 4.10. The van der Waals surface area contributed by atoms with Gasteiger partial charge in [-0.15, -0.1) is 0 Å². The molecule has 0 bridgehead atoms. The second-order valence-corrected chi connectivity index (χ2v) is 5.67. The van der Waals surface area contributed by atoms with E-state index in [4.69, 9.17) is 0 Å². The summed E-state index contributed by atoms with van der Waals surface area (Å²) in [5.74, 6) is -0.322. The lowest BCUT2D eigenvalue weighted by Crippen LogP contribution is -2.47. The lowest BCUT2D eigenvalue weighted by Gasteiger charge is -2.32. The number of hydrogen-bond donors (Lipinski definition) is 2. The second-order valence-electron chi connectivity index (χ2n) is 5.67. The molecule has 1 aromatic carbocycles. The van der Waals surface area contributed by atoms with Gasteiger partial charge in [-0.25, -0.2) is 4.79 Å². The highest BCUT2D eigenvalue weighted by atomic mass is 19.4. The van der Waals surface area contributed by atoms with Crippen molar-refractivity contribution in [1.29, 1.82) is 0 Å². The lowest BCUT2D eigenvalue weighted by atomic mass is 9.93. The molecule has 0 radical (unpaired) electrons. The lowest BCUT2D eigenvalue weighted by molar-refractivity contribution is -0.137. The number of alkyl halides is 3. The van der Waals surface area contributed by atoms with E-state index in [1.165, 1.54) is 12.1 Å². The van der Waals surface area contributed by atoms with Gasteiger partial charge >= 0.3 is 12.2 Å². The van der Waals surface area contributed by atoms with Crippen molar-refractivity contribution < 1.29 is 22.8 Å². The van der Waals surface area contributed by atoms with Gasteiger partial charge < -0.3 is 15.5 Å². The molecule has 1 aliphatic heterocycles. The smallest absolute Gasteiger partial charge is 0.339 e. The van der Waals surface area contributed by atoms with Crippen LogP contribution in [0.2, 0.25) is 0 Å². The van der Waals surface area contributed by atoms with Crippen LogP contribution in [0, 0.1) is 0 Å². The molecule has 25 heavy (non-hydrogen) atoms. The zero-order chi connectivity index (χ0) is 18.8. The van der Waals surface area contributed by atoms with Crippen LogP contribution in [0.5, 0.6) is 0 Å². The first kappa shape index (κ1) is 18.8. The van der Waals surface area contributed by atoms with Crippen LogP contribution < -0.4 is 10.6 Å². The molecule has 1 atom stereocenters. The van der Waals surface area contributed by atoms with Gasteiger partial charge in [-0.2, -0.15) is 13.2 Å². The van der Waals surface area contributed by atoms with Gasteiger partial charge in [0.05, 0.1) is 17.2 Å². The number of allylic oxidation sites excluding steroid dienone is 1. The first-order valence-corrected chi connectivity index (χ1v) is 7.93. The van der Waals surface area contributed by atoms with Gasteiger partial charge in [-0.3, -0.25) is 4.79 Å². The number of nitrogens with zero attached hydrogens (tertiary/aromatic N) is 1. The first-order valence-electron chi connectivity index (χ1n) is 7.93. The van der Waals surface area contributed by atoms with Crippen LogP contribution in [0.1, 0.15) is 37.9 Å². The number of amides is 3. The van der Waals surface area contributed by atoms with Crippen molar-refractivity contribution in [1.82, 2.24) is 15.5 Å². The highest BCUT2D eigenvalue weighted by Gasteiger charge is 2.35. The molecule has 0 unspecified atom stereocenters. The SMILES string of the molecule is CCN(CC)C(=O)C1=C(C)NC(=O)N[C@@H]1c1cccc(C(F)(F)F)c1. The molecule has 0 aromatic heterocycles. The summed E-state index contributed by atoms with van der Waals surface area (Å²) >= 11 is 0. The van der Waals surface area contributed by atoms with Crippen LogP contribution in [-0.4, -0.2) is 29.9 Å². The maximum absolute atomic E-state index is 13.0. The van der Waals surface area contributed by atoms with E-state index < -0.39 is 23.8 Å². The van der Waals surface area contributed by atoms with Crippen LogP contribution in [0.3, 0.4) is 0 Å². The van der Waals surface area contributed by atoms with Gasteiger partial charge in [-0.1, -0.05) is 12.1 Å². The monoisotopic (exact) mass is 355 g/mol. The number of benzene rings is 1. The summed E-state index contributed by atoms with van der Waals surface area (Å²) in [6, 6.07) is 3.14. The molecule has 5 nitrogen and oxygen atoms in total. The Morgan fingerprint density at radius 2 is 1.88 bits per heavy atom. The van der Waals surface area contributed by atoms with E-state index in [1.807, 2.05) is 13.8 Å². The third kappa shape index (κ3) is 3.94. The van der Waals surface area contributed by atoms with E-state index in [0.717, 1.165) is 12.1 Å². The maximum Gasteiger partial charge on any atom is 0.416 e. The Kier molecular flexibility index (Phi) is 5.39. The molecular formula is C17H20F3N3O2. The summed E-state index contributed by atoms with van der Waals surface area (Å²) in [5.41, 5.74) is -0.0460. The standard InChI is InChI=1S/C17H20F3N3O2/c1-4-23(5-2)15(24)13-10(3)21-16(25)22-14(13)11-7-6-8-12(9-11)17(18,19)20/h6-9,14H,4-5H2,1-3H3,(H2,21,22,25)/t14-/m1/s1. The second kappa shape index (κ2) is 7.16. The van der Waals surface area contributed by atoms with Crippen molar-refractivity contribution in [3.05, 3.63) is 46.7 Å². The Morgan fingerprint density at radius 1 is 1.24 bits per heavy atom. The van der Waals surface area contributed by atoms with Crippen LogP contribution in [-0.2, 0) is 11.0 Å². The minimum absolute atomic E-state index is 0.208. The van der Waals surface area contributed by atoms with E-state index in [9.17, 15) is 22.8 Å². The Hall–Kier alpha value is -2.51. The molecule has 1 aromatic rings. The largest absolute Gasteiger partial charge is 0.416 e. The molecule has 8 heteroatoms. The normalized spacial score (nSPS) is 17.8. The summed E-state index contributed by atoms with van der Waals surface area (Å²) in [7, 11) is 0. The number of carbonyl (C=O) groups is 2. The van der Waals surface area contributed by atoms with E-state index in [2.05, 4.69) is 10.6 Å². The average Bonchev–Trinajstić information content (AvgIpc) is 2.54. The van der Waals surface area contributed by atoms with Crippen LogP contribution >= 0.6 is 0 Å². The number of nitrogens with one attached hydrogen (secondary N) is 2. The molecule has 0 saturated carbocycles. The predicted octanol–water partition coefficient (Wildman–Crippen LogP) is 3.20. The highest BCUT2D eigenvalue weighted by molar-refractivity contribution is 5.98. The van der Waals surface area contributed by atoms with E-state index >= 15 is 0 Å². The molecule has 136 valence electrons. The van der Waals surface area contributed by atoms with Crippen LogP contribution in [0.25, 0.3) is 0 Å². The number of likely N-dealkylation sites (N-methyl/N-ethyl adjacent to an activating group) is 1. The molecule has 2 rings (SSSR count). The minimum Gasteiger partial charge on any atom is -0.339 e. The number of halogens is 3. The van der Waals surface area contributed by atoms with Gasteiger partial charge in [0.1, 0.15) is 0 Å². The van der Waals surface area contributed by atoms with Crippen molar-refractivity contribution in [2.75, 3.05) is 13.1 Å². The number of hydrogen-bond acceptors (Lipinski definition) is 2. The van der Waals surface area contributed by atoms with Crippen LogP contribution in [0.4, 0.5) is 18.0 Å². The Morgan fingerprint density at radius 3 is 2.44 bits per heavy atom. The molecule has 1 heterocycles. The fourth-order valence-corrected chi connectivity index (χ4v) is 2.80. The summed E-state index contributed by atoms with van der Waals surface area (Å²) < 4.78 is 39.0. The predicted molar refractivity (Wildman–Crippen MR) is 86.5 cm³/mol. The molecule has 3 amide bonds. The van der Waals surface area contributed by atoms with Gasteiger partial charge in [0.25, 0.3) is 5.91 Å². The minimum atomic E-state index is -4.51. The number of urea groups is 1. The molecule has 0 spiro atoms. The Labute approximate surface area is 143 Å². The fraction of sp³-hybridized carbons (Fsp3) is 0.412. The number of rotatable bonds is 4. The third-order valence-corrected chi connectivity index (χ3v) is 4.10. The van der Waals surface area contributed by atoms with E-state index in [0.29, 0.717) is 18.8 Å². The summed E-state index contributed by atoms with van der Waals surface area (Å²) in [6.45, 7) is 6.09. The first-order chi connectivity index (χ1) is 11.7. The molecular weight excluding hydrogens is 335 g/mol. The topological polar surface area (TPSA) is 61.4 Å². The van der Waals surface area contributed by atoms with Crippen molar-refractivity contribution >= 4 is 11.9 Å². The molecule has 1 aliphatic rings. The fourth-order valence-electron chi connectivity index (χ4n) is 2.80. The van der Waals surface area contributed by atoms with Gasteiger partial charge in [0, 0.05) is 18.8 Å². The van der Waals surface area contributed by atoms with Gasteiger partial charge in [0.15, 0.2) is 0 Å². The van der Waals surface area contributed by atoms with Crippen molar-refractivity contribution in [2.24, 2.45) is 0 Å². The maximum atomic E-state index is 13.0. The van der Waals surface area contributed by atoms with E-state index in [-0.39, 0.29) is 17.0 Å². The van der Waals surface area contributed by atoms with Crippen LogP contribution in [0.15, 0.2) is 35.5 Å². The zero-order valence-corrected chi connectivity index (χ0v) is 14.2. The Bertz CT molecular complexity index is 709. The van der Waals surface area contributed by atoms with E-state index in [1.54, 1.807) is 11.8 Å². The molecule has 0 aliphatic carbocycles. The Balaban J connectivity index is 2.51. The van der Waals surface area contributed by atoms with Crippen molar-refractivity contribution in [3.8, 4) is 0 Å². The molecule has 0 saturated heterocycles. The van der Waals surface area contributed by atoms with Crippen molar-refractivity contribution in [2.45, 2.75) is 33.0 Å².